The standard InChI is InChI=1S/C13H11NO2S/c1-7-5-8(16-2)6-10-11(7)14-13(15)9-3-4-17-12(9)10/h3-6H,1-2H3,(H,14,15). The SMILES string of the molecule is COc1cc(C)c2[nH]c(=O)c3ccsc3c2c1. The van der Waals surface area contributed by atoms with E-state index < -0.39 is 0 Å². The van der Waals surface area contributed by atoms with Crippen LogP contribution >= 0.6 is 11.3 Å². The lowest BCUT2D eigenvalue weighted by molar-refractivity contribution is 0.415. The number of H-pyrrole nitrogens is 1. The molecule has 0 aliphatic carbocycles. The van der Waals surface area contributed by atoms with Gasteiger partial charge in [0.05, 0.1) is 18.0 Å². The van der Waals surface area contributed by atoms with Gasteiger partial charge < -0.3 is 9.72 Å². The number of fused-ring (bicyclic) bond motifs is 3. The largest absolute Gasteiger partial charge is 0.497 e. The molecule has 3 aromatic rings. The van der Waals surface area contributed by atoms with Crippen LogP contribution in [0.1, 0.15) is 5.56 Å². The number of aryl methyl sites for hydroxylation is 1. The van der Waals surface area contributed by atoms with Gasteiger partial charge in [-0.1, -0.05) is 0 Å². The van der Waals surface area contributed by atoms with Gasteiger partial charge in [0.15, 0.2) is 0 Å². The molecule has 0 spiro atoms. The molecule has 0 saturated heterocycles. The number of ether oxygens (including phenoxy) is 1. The van der Waals surface area contributed by atoms with Crippen molar-refractivity contribution in [3.05, 3.63) is 39.5 Å². The van der Waals surface area contributed by atoms with Crippen molar-refractivity contribution in [2.75, 3.05) is 7.11 Å². The van der Waals surface area contributed by atoms with E-state index in [9.17, 15) is 4.79 Å². The zero-order chi connectivity index (χ0) is 12.0. The van der Waals surface area contributed by atoms with E-state index in [1.54, 1.807) is 18.4 Å². The highest BCUT2D eigenvalue weighted by Gasteiger charge is 2.09. The number of hydrogen-bond donors (Lipinski definition) is 1. The molecule has 3 rings (SSSR count). The van der Waals surface area contributed by atoms with Gasteiger partial charge in [0.1, 0.15) is 5.75 Å². The number of hydrogen-bond acceptors (Lipinski definition) is 3. The molecule has 0 saturated carbocycles. The Balaban J connectivity index is 2.60. The van der Waals surface area contributed by atoms with Crippen molar-refractivity contribution >= 4 is 32.3 Å². The molecule has 0 unspecified atom stereocenters. The minimum Gasteiger partial charge on any atom is -0.497 e. The summed E-state index contributed by atoms with van der Waals surface area (Å²) in [7, 11) is 1.65. The molecule has 17 heavy (non-hydrogen) atoms. The first-order chi connectivity index (χ1) is 8.20. The molecule has 1 aromatic carbocycles. The van der Waals surface area contributed by atoms with Gasteiger partial charge in [0, 0.05) is 10.1 Å². The summed E-state index contributed by atoms with van der Waals surface area (Å²) in [6, 6.07) is 5.75. The Labute approximate surface area is 102 Å². The predicted molar refractivity (Wildman–Crippen MR) is 71.2 cm³/mol. The quantitative estimate of drug-likeness (QED) is 0.716. The molecular weight excluding hydrogens is 234 g/mol. The lowest BCUT2D eigenvalue weighted by Gasteiger charge is -2.06. The van der Waals surface area contributed by atoms with Crippen molar-refractivity contribution in [3.8, 4) is 5.75 Å². The Morgan fingerprint density at radius 3 is 2.88 bits per heavy atom. The third kappa shape index (κ3) is 1.45. The van der Waals surface area contributed by atoms with E-state index in [1.807, 2.05) is 30.5 Å². The average Bonchev–Trinajstić information content (AvgIpc) is 2.80. The maximum atomic E-state index is 11.9. The monoisotopic (exact) mass is 245 g/mol. The van der Waals surface area contributed by atoms with E-state index in [-0.39, 0.29) is 5.56 Å². The highest BCUT2D eigenvalue weighted by Crippen LogP contribution is 2.30. The number of nitrogens with one attached hydrogen (secondary N) is 1. The van der Waals surface area contributed by atoms with Crippen LogP contribution in [0, 0.1) is 6.92 Å². The average molecular weight is 245 g/mol. The highest BCUT2D eigenvalue weighted by atomic mass is 32.1. The number of aromatic amines is 1. The Morgan fingerprint density at radius 2 is 2.12 bits per heavy atom. The van der Waals surface area contributed by atoms with Crippen molar-refractivity contribution < 1.29 is 4.74 Å². The first-order valence-electron chi connectivity index (χ1n) is 5.28. The van der Waals surface area contributed by atoms with Crippen molar-refractivity contribution in [2.45, 2.75) is 6.92 Å². The van der Waals surface area contributed by atoms with Crippen LogP contribution in [0.5, 0.6) is 5.75 Å². The molecule has 86 valence electrons. The molecule has 0 amide bonds. The zero-order valence-corrected chi connectivity index (χ0v) is 10.4. The summed E-state index contributed by atoms with van der Waals surface area (Å²) in [5.74, 6) is 0.816. The van der Waals surface area contributed by atoms with Gasteiger partial charge in [-0.3, -0.25) is 4.79 Å². The Morgan fingerprint density at radius 1 is 1.29 bits per heavy atom. The van der Waals surface area contributed by atoms with Crippen LogP contribution in [-0.2, 0) is 0 Å². The minimum atomic E-state index is -0.0259. The van der Waals surface area contributed by atoms with Crippen LogP contribution in [0.15, 0.2) is 28.4 Å². The summed E-state index contributed by atoms with van der Waals surface area (Å²) < 4.78 is 6.29. The maximum Gasteiger partial charge on any atom is 0.257 e. The van der Waals surface area contributed by atoms with Gasteiger partial charge in [0.25, 0.3) is 5.56 Å². The molecular formula is C13H11NO2S. The van der Waals surface area contributed by atoms with E-state index in [0.29, 0.717) is 0 Å². The van der Waals surface area contributed by atoms with Crippen molar-refractivity contribution in [3.63, 3.8) is 0 Å². The number of benzene rings is 1. The number of pyridine rings is 1. The highest BCUT2D eigenvalue weighted by molar-refractivity contribution is 7.18. The van der Waals surface area contributed by atoms with Crippen molar-refractivity contribution in [2.24, 2.45) is 0 Å². The molecule has 1 N–H and O–H groups in total. The lowest BCUT2D eigenvalue weighted by Crippen LogP contribution is -2.05. The summed E-state index contributed by atoms with van der Waals surface area (Å²) in [5.41, 5.74) is 1.89. The van der Waals surface area contributed by atoms with E-state index in [1.165, 1.54) is 0 Å². The van der Waals surface area contributed by atoms with E-state index in [4.69, 9.17) is 4.74 Å². The lowest BCUT2D eigenvalue weighted by atomic mass is 10.1. The normalized spacial score (nSPS) is 11.2. The maximum absolute atomic E-state index is 11.9. The number of rotatable bonds is 1. The molecule has 0 atom stereocenters. The van der Waals surface area contributed by atoms with Crippen LogP contribution in [0.25, 0.3) is 21.0 Å². The summed E-state index contributed by atoms with van der Waals surface area (Å²) >= 11 is 1.58. The molecule has 2 heterocycles. The molecule has 0 radical (unpaired) electrons. The topological polar surface area (TPSA) is 42.1 Å². The molecule has 2 aromatic heterocycles. The van der Waals surface area contributed by atoms with E-state index >= 15 is 0 Å². The van der Waals surface area contributed by atoms with Gasteiger partial charge in [-0.2, -0.15) is 0 Å². The third-order valence-electron chi connectivity index (χ3n) is 2.94. The van der Waals surface area contributed by atoms with Crippen LogP contribution in [0.2, 0.25) is 0 Å². The molecule has 3 nitrogen and oxygen atoms in total. The summed E-state index contributed by atoms with van der Waals surface area (Å²) in [5, 5.41) is 3.73. The fourth-order valence-electron chi connectivity index (χ4n) is 2.09. The van der Waals surface area contributed by atoms with Crippen molar-refractivity contribution in [1.82, 2.24) is 4.98 Å². The molecule has 4 heteroatoms. The summed E-state index contributed by atoms with van der Waals surface area (Å²) in [6.07, 6.45) is 0. The molecule has 0 aliphatic heterocycles. The van der Waals surface area contributed by atoms with E-state index in [0.717, 1.165) is 32.3 Å². The van der Waals surface area contributed by atoms with Crippen LogP contribution < -0.4 is 10.3 Å². The fourth-order valence-corrected chi connectivity index (χ4v) is 3.01. The molecule has 0 bridgehead atoms. The zero-order valence-electron chi connectivity index (χ0n) is 9.53. The molecule has 0 aliphatic rings. The van der Waals surface area contributed by atoms with Crippen molar-refractivity contribution in [1.29, 1.82) is 0 Å². The van der Waals surface area contributed by atoms with Crippen LogP contribution in [-0.4, -0.2) is 12.1 Å². The fraction of sp³-hybridized carbons (Fsp3) is 0.154. The minimum absolute atomic E-state index is 0.0259. The van der Waals surface area contributed by atoms with Gasteiger partial charge >= 0.3 is 0 Å². The first kappa shape index (κ1) is 10.4. The Hall–Kier alpha value is -1.81. The van der Waals surface area contributed by atoms with Gasteiger partial charge in [-0.05, 0) is 36.1 Å². The van der Waals surface area contributed by atoms with Gasteiger partial charge in [0.2, 0.25) is 0 Å². The predicted octanol–water partition coefficient (Wildman–Crippen LogP) is 3.06. The van der Waals surface area contributed by atoms with E-state index in [2.05, 4.69) is 4.98 Å². The number of thiophene rings is 1. The Kier molecular flexibility index (Phi) is 2.19. The smallest absolute Gasteiger partial charge is 0.257 e. The number of aromatic nitrogens is 1. The second-order valence-corrected chi connectivity index (χ2v) is 4.90. The number of methoxy groups -OCH3 is 1. The second kappa shape index (κ2) is 3.60. The third-order valence-corrected chi connectivity index (χ3v) is 3.89. The molecule has 0 fully saturated rings. The van der Waals surface area contributed by atoms with Gasteiger partial charge in [-0.15, -0.1) is 11.3 Å². The van der Waals surface area contributed by atoms with Crippen LogP contribution in [0.4, 0.5) is 0 Å². The second-order valence-electron chi connectivity index (χ2n) is 3.98. The summed E-state index contributed by atoms with van der Waals surface area (Å²) in [4.78, 5) is 14.8. The van der Waals surface area contributed by atoms with Gasteiger partial charge in [-0.25, -0.2) is 0 Å². The summed E-state index contributed by atoms with van der Waals surface area (Å²) in [6.45, 7) is 1.97. The van der Waals surface area contributed by atoms with Crippen LogP contribution in [0.3, 0.4) is 0 Å². The Bertz CT molecular complexity index is 770. The first-order valence-corrected chi connectivity index (χ1v) is 6.16.